The molecule has 2 rings (SSSR count). The van der Waals surface area contributed by atoms with Gasteiger partial charge in [-0.05, 0) is 31.0 Å². The molecule has 1 aromatic carbocycles. The Hall–Kier alpha value is -2.04. The monoisotopic (exact) mass is 263 g/mol. The molecule has 5 heteroatoms. The molecule has 1 aliphatic rings. The second kappa shape index (κ2) is 5.30. The number of carboxylic acids is 1. The molecule has 0 aromatic heterocycles. The van der Waals surface area contributed by atoms with Gasteiger partial charge in [-0.25, -0.2) is 0 Å². The summed E-state index contributed by atoms with van der Waals surface area (Å²) in [5, 5.41) is 11.6. The molecule has 2 N–H and O–H groups in total. The van der Waals surface area contributed by atoms with Crippen molar-refractivity contribution in [2.45, 2.75) is 19.4 Å². The Morgan fingerprint density at radius 2 is 2.16 bits per heavy atom. The van der Waals surface area contributed by atoms with E-state index in [9.17, 15) is 9.59 Å². The predicted molar refractivity (Wildman–Crippen MR) is 68.8 cm³/mol. The van der Waals surface area contributed by atoms with E-state index in [-0.39, 0.29) is 17.9 Å². The van der Waals surface area contributed by atoms with Gasteiger partial charge in [0.1, 0.15) is 5.75 Å². The number of carbonyl (C=O) groups is 2. The zero-order valence-electron chi connectivity index (χ0n) is 10.9. The molecule has 0 bridgehead atoms. The Morgan fingerprint density at radius 1 is 1.42 bits per heavy atom. The van der Waals surface area contributed by atoms with Crippen LogP contribution in [-0.4, -0.2) is 24.1 Å². The lowest BCUT2D eigenvalue weighted by Crippen LogP contribution is -2.29. The van der Waals surface area contributed by atoms with Gasteiger partial charge in [-0.1, -0.05) is 12.1 Å². The van der Waals surface area contributed by atoms with Crippen LogP contribution in [0.4, 0.5) is 0 Å². The van der Waals surface area contributed by atoms with Gasteiger partial charge in [-0.3, -0.25) is 9.59 Å². The summed E-state index contributed by atoms with van der Waals surface area (Å²) >= 11 is 0. The minimum absolute atomic E-state index is 0.169. The van der Waals surface area contributed by atoms with Crippen LogP contribution >= 0.6 is 0 Å². The van der Waals surface area contributed by atoms with Crippen molar-refractivity contribution in [3.05, 3.63) is 29.8 Å². The van der Waals surface area contributed by atoms with Crippen LogP contribution in [0, 0.1) is 11.8 Å². The highest BCUT2D eigenvalue weighted by molar-refractivity contribution is 5.89. The highest BCUT2D eigenvalue weighted by Crippen LogP contribution is 2.39. The van der Waals surface area contributed by atoms with Crippen molar-refractivity contribution in [1.82, 2.24) is 5.32 Å². The van der Waals surface area contributed by atoms with Crippen LogP contribution in [0.5, 0.6) is 5.75 Å². The van der Waals surface area contributed by atoms with Gasteiger partial charge in [0.05, 0.1) is 25.0 Å². The molecule has 1 saturated carbocycles. The van der Waals surface area contributed by atoms with E-state index >= 15 is 0 Å². The molecule has 1 unspecified atom stereocenters. The first-order chi connectivity index (χ1) is 9.02. The predicted octanol–water partition coefficient (Wildman–Crippen LogP) is 1.59. The number of hydrogen-bond acceptors (Lipinski definition) is 3. The standard InChI is InChI=1S/C14H17NO4/c1-8(9-4-3-5-10(6-9)19-2)15-13(16)11-7-12(11)14(17)18/h3-6,8,11-12H,7H2,1-2H3,(H,15,16)(H,17,18)/t8?,11-,12+/m1/s1. The summed E-state index contributed by atoms with van der Waals surface area (Å²) in [7, 11) is 1.59. The summed E-state index contributed by atoms with van der Waals surface area (Å²) in [5.74, 6) is -1.26. The molecule has 3 atom stereocenters. The van der Waals surface area contributed by atoms with Crippen LogP contribution in [-0.2, 0) is 9.59 Å². The first-order valence-corrected chi connectivity index (χ1v) is 6.20. The van der Waals surface area contributed by atoms with E-state index in [2.05, 4.69) is 5.32 Å². The van der Waals surface area contributed by atoms with Crippen LogP contribution in [0.1, 0.15) is 24.9 Å². The van der Waals surface area contributed by atoms with E-state index in [0.717, 1.165) is 11.3 Å². The number of amides is 1. The molecule has 19 heavy (non-hydrogen) atoms. The third-order valence-corrected chi connectivity index (χ3v) is 3.40. The number of benzene rings is 1. The van der Waals surface area contributed by atoms with Crippen molar-refractivity contribution >= 4 is 11.9 Å². The van der Waals surface area contributed by atoms with Gasteiger partial charge in [-0.15, -0.1) is 0 Å². The van der Waals surface area contributed by atoms with Crippen molar-refractivity contribution in [2.24, 2.45) is 11.8 Å². The first-order valence-electron chi connectivity index (χ1n) is 6.20. The van der Waals surface area contributed by atoms with Crippen molar-refractivity contribution < 1.29 is 19.4 Å². The summed E-state index contributed by atoms with van der Waals surface area (Å²) in [4.78, 5) is 22.6. The van der Waals surface area contributed by atoms with Crippen molar-refractivity contribution in [3.8, 4) is 5.75 Å². The fraction of sp³-hybridized carbons (Fsp3) is 0.429. The Bertz CT molecular complexity index is 500. The third-order valence-electron chi connectivity index (χ3n) is 3.40. The van der Waals surface area contributed by atoms with E-state index in [4.69, 9.17) is 9.84 Å². The van der Waals surface area contributed by atoms with Gasteiger partial charge < -0.3 is 15.2 Å². The van der Waals surface area contributed by atoms with E-state index < -0.39 is 11.9 Å². The molecule has 102 valence electrons. The maximum absolute atomic E-state index is 11.9. The Labute approximate surface area is 111 Å². The minimum atomic E-state index is -0.894. The number of aliphatic carboxylic acids is 1. The highest BCUT2D eigenvalue weighted by Gasteiger charge is 2.48. The Morgan fingerprint density at radius 3 is 2.74 bits per heavy atom. The number of rotatable bonds is 5. The largest absolute Gasteiger partial charge is 0.497 e. The maximum atomic E-state index is 11.9. The quantitative estimate of drug-likeness (QED) is 0.846. The summed E-state index contributed by atoms with van der Waals surface area (Å²) in [6, 6.07) is 7.27. The van der Waals surface area contributed by atoms with Gasteiger partial charge in [0, 0.05) is 0 Å². The molecule has 1 amide bonds. The normalized spacial score (nSPS) is 22.4. The number of hydrogen-bond donors (Lipinski definition) is 2. The van der Waals surface area contributed by atoms with E-state index in [0.29, 0.717) is 6.42 Å². The molecule has 0 spiro atoms. The lowest BCUT2D eigenvalue weighted by molar-refractivity contribution is -0.140. The van der Waals surface area contributed by atoms with E-state index in [1.807, 2.05) is 31.2 Å². The van der Waals surface area contributed by atoms with Crippen molar-refractivity contribution in [1.29, 1.82) is 0 Å². The van der Waals surface area contributed by atoms with E-state index in [1.54, 1.807) is 7.11 Å². The molecule has 0 aliphatic heterocycles. The molecule has 0 saturated heterocycles. The number of carbonyl (C=O) groups excluding carboxylic acids is 1. The SMILES string of the molecule is COc1cccc(C(C)NC(=O)[C@@H]2C[C@@H]2C(=O)O)c1. The second-order valence-electron chi connectivity index (χ2n) is 4.79. The molecular weight excluding hydrogens is 246 g/mol. The van der Waals surface area contributed by atoms with Gasteiger partial charge in [0.2, 0.25) is 5.91 Å². The van der Waals surface area contributed by atoms with Crippen LogP contribution in [0.25, 0.3) is 0 Å². The second-order valence-corrected chi connectivity index (χ2v) is 4.79. The fourth-order valence-corrected chi connectivity index (χ4v) is 2.07. The molecule has 0 heterocycles. The lowest BCUT2D eigenvalue weighted by Gasteiger charge is -2.15. The summed E-state index contributed by atoms with van der Waals surface area (Å²) in [6.07, 6.45) is 0.437. The van der Waals surface area contributed by atoms with E-state index in [1.165, 1.54) is 0 Å². The minimum Gasteiger partial charge on any atom is -0.497 e. The van der Waals surface area contributed by atoms with Gasteiger partial charge in [0.15, 0.2) is 0 Å². The van der Waals surface area contributed by atoms with Gasteiger partial charge in [0.25, 0.3) is 0 Å². The van der Waals surface area contributed by atoms with Gasteiger partial charge in [-0.2, -0.15) is 0 Å². The van der Waals surface area contributed by atoms with Crippen molar-refractivity contribution in [2.75, 3.05) is 7.11 Å². The summed E-state index contributed by atoms with van der Waals surface area (Å²) in [5.41, 5.74) is 0.931. The topological polar surface area (TPSA) is 75.6 Å². The highest BCUT2D eigenvalue weighted by atomic mass is 16.5. The first kappa shape index (κ1) is 13.4. The maximum Gasteiger partial charge on any atom is 0.307 e. The molecule has 0 radical (unpaired) electrons. The molecule has 1 fully saturated rings. The fourth-order valence-electron chi connectivity index (χ4n) is 2.07. The van der Waals surface area contributed by atoms with Crippen LogP contribution < -0.4 is 10.1 Å². The summed E-state index contributed by atoms with van der Waals surface area (Å²) < 4.78 is 5.13. The lowest BCUT2D eigenvalue weighted by atomic mass is 10.1. The Balaban J connectivity index is 1.95. The molecule has 1 aliphatic carbocycles. The zero-order chi connectivity index (χ0) is 14.0. The molecular formula is C14H17NO4. The zero-order valence-corrected chi connectivity index (χ0v) is 10.9. The average Bonchev–Trinajstić information content (AvgIpc) is 3.19. The van der Waals surface area contributed by atoms with Crippen LogP contribution in [0.3, 0.4) is 0 Å². The number of ether oxygens (including phenoxy) is 1. The number of carboxylic acid groups (broad SMARTS) is 1. The molecule has 1 aromatic rings. The number of nitrogens with one attached hydrogen (secondary N) is 1. The summed E-state index contributed by atoms with van der Waals surface area (Å²) in [6.45, 7) is 1.87. The number of methoxy groups -OCH3 is 1. The average molecular weight is 263 g/mol. The van der Waals surface area contributed by atoms with Gasteiger partial charge >= 0.3 is 5.97 Å². The molecule has 5 nitrogen and oxygen atoms in total. The van der Waals surface area contributed by atoms with Crippen LogP contribution in [0.15, 0.2) is 24.3 Å². The third kappa shape index (κ3) is 3.05. The Kier molecular flexibility index (Phi) is 3.74. The van der Waals surface area contributed by atoms with Crippen molar-refractivity contribution in [3.63, 3.8) is 0 Å². The smallest absolute Gasteiger partial charge is 0.307 e. The van der Waals surface area contributed by atoms with Crippen LogP contribution in [0.2, 0.25) is 0 Å².